The number of rotatable bonds is 4. The van der Waals surface area contributed by atoms with E-state index in [-0.39, 0.29) is 5.82 Å². The molecule has 1 aromatic heterocycles. The average Bonchev–Trinajstić information content (AvgIpc) is 2.83. The smallest absolute Gasteiger partial charge is 0.147 e. The zero-order valence-corrected chi connectivity index (χ0v) is 12.0. The normalized spacial score (nSPS) is 10.8. The third-order valence-electron chi connectivity index (χ3n) is 3.55. The first-order chi connectivity index (χ1) is 10.2. The standard InChI is InChI=1S/C17H16FNO2/c1-19-13(10-12-4-3-5-16(18)17(12)19)11-21-15-8-6-14(20-2)7-9-15/h3-10H,11H2,1-2H3. The van der Waals surface area contributed by atoms with E-state index in [0.29, 0.717) is 12.1 Å². The van der Waals surface area contributed by atoms with Crippen LogP contribution in [0.2, 0.25) is 0 Å². The molecule has 0 saturated carbocycles. The summed E-state index contributed by atoms with van der Waals surface area (Å²) >= 11 is 0. The van der Waals surface area contributed by atoms with Crippen LogP contribution in [0.4, 0.5) is 4.39 Å². The molecule has 0 aliphatic heterocycles. The minimum absolute atomic E-state index is 0.217. The molecule has 4 heteroatoms. The van der Waals surface area contributed by atoms with Crippen molar-refractivity contribution in [3.8, 4) is 11.5 Å². The quantitative estimate of drug-likeness (QED) is 0.725. The zero-order chi connectivity index (χ0) is 14.8. The van der Waals surface area contributed by atoms with Crippen LogP contribution in [0.5, 0.6) is 11.5 Å². The van der Waals surface area contributed by atoms with Gasteiger partial charge < -0.3 is 14.0 Å². The maximum Gasteiger partial charge on any atom is 0.147 e. The lowest BCUT2D eigenvalue weighted by Gasteiger charge is -2.08. The topological polar surface area (TPSA) is 23.4 Å². The van der Waals surface area contributed by atoms with Crippen LogP contribution in [0.15, 0.2) is 48.5 Å². The largest absolute Gasteiger partial charge is 0.497 e. The maximum atomic E-state index is 13.8. The second-order valence-corrected chi connectivity index (χ2v) is 4.84. The molecule has 0 amide bonds. The molecule has 3 nitrogen and oxygen atoms in total. The molecule has 0 aliphatic rings. The number of aryl methyl sites for hydroxylation is 1. The molecule has 0 atom stereocenters. The van der Waals surface area contributed by atoms with E-state index in [0.717, 1.165) is 22.6 Å². The Labute approximate surface area is 122 Å². The van der Waals surface area contributed by atoms with Crippen LogP contribution in [0.1, 0.15) is 5.69 Å². The minimum Gasteiger partial charge on any atom is -0.497 e. The Morgan fingerprint density at radius 2 is 1.76 bits per heavy atom. The van der Waals surface area contributed by atoms with Crippen molar-refractivity contribution in [2.45, 2.75) is 6.61 Å². The number of halogens is 1. The van der Waals surface area contributed by atoms with Gasteiger partial charge in [0, 0.05) is 12.4 Å². The van der Waals surface area contributed by atoms with Crippen molar-refractivity contribution in [2.75, 3.05) is 7.11 Å². The molecule has 1 heterocycles. The molecular weight excluding hydrogens is 269 g/mol. The summed E-state index contributed by atoms with van der Waals surface area (Å²) in [5.41, 5.74) is 1.52. The molecule has 0 aliphatic carbocycles. The van der Waals surface area contributed by atoms with Crippen molar-refractivity contribution < 1.29 is 13.9 Å². The minimum atomic E-state index is -0.217. The first-order valence-corrected chi connectivity index (χ1v) is 6.68. The van der Waals surface area contributed by atoms with Gasteiger partial charge in [0.05, 0.1) is 18.3 Å². The fourth-order valence-corrected chi connectivity index (χ4v) is 2.39. The summed E-state index contributed by atoms with van der Waals surface area (Å²) < 4.78 is 26.5. The summed E-state index contributed by atoms with van der Waals surface area (Å²) in [4.78, 5) is 0. The predicted octanol–water partition coefficient (Wildman–Crippen LogP) is 3.91. The van der Waals surface area contributed by atoms with Gasteiger partial charge in [-0.05, 0) is 36.4 Å². The lowest BCUT2D eigenvalue weighted by atomic mass is 10.2. The molecule has 3 aromatic rings. The van der Waals surface area contributed by atoms with Gasteiger partial charge in [0.25, 0.3) is 0 Å². The van der Waals surface area contributed by atoms with E-state index in [1.165, 1.54) is 6.07 Å². The average molecular weight is 285 g/mol. The first kappa shape index (κ1) is 13.5. The number of para-hydroxylation sites is 1. The molecule has 108 valence electrons. The van der Waals surface area contributed by atoms with Crippen LogP contribution in [0, 0.1) is 5.82 Å². The number of methoxy groups -OCH3 is 1. The lowest BCUT2D eigenvalue weighted by Crippen LogP contribution is -2.02. The first-order valence-electron chi connectivity index (χ1n) is 6.68. The van der Waals surface area contributed by atoms with Gasteiger partial charge in [0.2, 0.25) is 0 Å². The molecular formula is C17H16FNO2. The van der Waals surface area contributed by atoms with Crippen molar-refractivity contribution in [3.63, 3.8) is 0 Å². The Kier molecular flexibility index (Phi) is 3.52. The highest BCUT2D eigenvalue weighted by Gasteiger charge is 2.10. The van der Waals surface area contributed by atoms with Crippen LogP contribution in [-0.2, 0) is 13.7 Å². The Hall–Kier alpha value is -2.49. The summed E-state index contributed by atoms with van der Waals surface area (Å²) in [7, 11) is 3.47. The van der Waals surface area contributed by atoms with E-state index in [9.17, 15) is 4.39 Å². The Morgan fingerprint density at radius 1 is 1.05 bits per heavy atom. The van der Waals surface area contributed by atoms with Crippen molar-refractivity contribution >= 4 is 10.9 Å². The van der Waals surface area contributed by atoms with E-state index in [2.05, 4.69) is 0 Å². The van der Waals surface area contributed by atoms with Crippen LogP contribution < -0.4 is 9.47 Å². The molecule has 0 bridgehead atoms. The van der Waals surface area contributed by atoms with E-state index >= 15 is 0 Å². The van der Waals surface area contributed by atoms with Gasteiger partial charge in [0.15, 0.2) is 0 Å². The molecule has 3 rings (SSSR count). The molecule has 21 heavy (non-hydrogen) atoms. The van der Waals surface area contributed by atoms with Gasteiger partial charge in [-0.3, -0.25) is 0 Å². The number of benzene rings is 2. The summed E-state index contributed by atoms with van der Waals surface area (Å²) in [5, 5.41) is 0.880. The number of nitrogens with zero attached hydrogens (tertiary/aromatic N) is 1. The Morgan fingerprint density at radius 3 is 2.43 bits per heavy atom. The molecule has 0 unspecified atom stereocenters. The molecule has 0 radical (unpaired) electrons. The molecule has 0 saturated heterocycles. The number of fused-ring (bicyclic) bond motifs is 1. The van der Waals surface area contributed by atoms with Crippen molar-refractivity contribution in [2.24, 2.45) is 7.05 Å². The summed E-state index contributed by atoms with van der Waals surface area (Å²) in [6.07, 6.45) is 0. The van der Waals surface area contributed by atoms with E-state index in [4.69, 9.17) is 9.47 Å². The number of hydrogen-bond acceptors (Lipinski definition) is 2. The second kappa shape index (κ2) is 5.48. The van der Waals surface area contributed by atoms with Crippen molar-refractivity contribution in [1.29, 1.82) is 0 Å². The second-order valence-electron chi connectivity index (χ2n) is 4.84. The lowest BCUT2D eigenvalue weighted by molar-refractivity contribution is 0.297. The number of ether oxygens (including phenoxy) is 2. The number of hydrogen-bond donors (Lipinski definition) is 0. The fraction of sp³-hybridized carbons (Fsp3) is 0.176. The van der Waals surface area contributed by atoms with Crippen LogP contribution in [-0.4, -0.2) is 11.7 Å². The van der Waals surface area contributed by atoms with Gasteiger partial charge >= 0.3 is 0 Å². The summed E-state index contributed by atoms with van der Waals surface area (Å²) in [6.45, 7) is 0.386. The molecule has 0 spiro atoms. The van der Waals surface area contributed by atoms with Crippen LogP contribution >= 0.6 is 0 Å². The van der Waals surface area contributed by atoms with Gasteiger partial charge in [-0.2, -0.15) is 0 Å². The summed E-state index contributed by atoms with van der Waals surface area (Å²) in [6, 6.07) is 14.4. The zero-order valence-electron chi connectivity index (χ0n) is 12.0. The van der Waals surface area contributed by atoms with Gasteiger partial charge in [-0.25, -0.2) is 4.39 Å². The summed E-state index contributed by atoms with van der Waals surface area (Å²) in [5.74, 6) is 1.32. The van der Waals surface area contributed by atoms with Crippen molar-refractivity contribution in [1.82, 2.24) is 4.57 Å². The van der Waals surface area contributed by atoms with Gasteiger partial charge in [0.1, 0.15) is 23.9 Å². The molecule has 0 fully saturated rings. The highest BCUT2D eigenvalue weighted by Crippen LogP contribution is 2.23. The highest BCUT2D eigenvalue weighted by molar-refractivity contribution is 5.81. The van der Waals surface area contributed by atoms with E-state index in [1.807, 2.05) is 48.0 Å². The third kappa shape index (κ3) is 2.57. The third-order valence-corrected chi connectivity index (χ3v) is 3.55. The van der Waals surface area contributed by atoms with E-state index < -0.39 is 0 Å². The highest BCUT2D eigenvalue weighted by atomic mass is 19.1. The van der Waals surface area contributed by atoms with Gasteiger partial charge in [-0.15, -0.1) is 0 Å². The van der Waals surface area contributed by atoms with Crippen LogP contribution in [0.25, 0.3) is 10.9 Å². The maximum absolute atomic E-state index is 13.8. The monoisotopic (exact) mass is 285 g/mol. The Bertz CT molecular complexity index is 762. The van der Waals surface area contributed by atoms with E-state index in [1.54, 1.807) is 13.2 Å². The van der Waals surface area contributed by atoms with Gasteiger partial charge in [-0.1, -0.05) is 12.1 Å². The SMILES string of the molecule is COc1ccc(OCc2cc3cccc(F)c3n2C)cc1. The Balaban J connectivity index is 1.81. The van der Waals surface area contributed by atoms with Crippen molar-refractivity contribution in [3.05, 3.63) is 60.0 Å². The number of aromatic nitrogens is 1. The molecule has 0 N–H and O–H groups in total. The fourth-order valence-electron chi connectivity index (χ4n) is 2.39. The molecule has 2 aromatic carbocycles. The van der Waals surface area contributed by atoms with Crippen LogP contribution in [0.3, 0.4) is 0 Å². The predicted molar refractivity (Wildman–Crippen MR) is 80.2 cm³/mol.